The number of carbonyl (C=O) groups excluding carboxylic acids is 1. The van der Waals surface area contributed by atoms with Gasteiger partial charge in [-0.15, -0.1) is 0 Å². The van der Waals surface area contributed by atoms with Crippen molar-refractivity contribution in [2.24, 2.45) is 0 Å². The average molecular weight is 379 g/mol. The van der Waals surface area contributed by atoms with Crippen LogP contribution in [0, 0.1) is 6.92 Å². The average Bonchev–Trinajstić information content (AvgIpc) is 3.11. The van der Waals surface area contributed by atoms with Gasteiger partial charge in [0.05, 0.1) is 11.0 Å². The van der Waals surface area contributed by atoms with Crippen LogP contribution >= 0.6 is 0 Å². The van der Waals surface area contributed by atoms with Gasteiger partial charge < -0.3 is 15.5 Å². The smallest absolute Gasteiger partial charge is 0.224 e. The summed E-state index contributed by atoms with van der Waals surface area (Å²) in [6, 6.07) is 8.26. The molecule has 1 fully saturated rings. The molecule has 1 aliphatic heterocycles. The van der Waals surface area contributed by atoms with Crippen LogP contribution in [0.4, 0.5) is 5.95 Å². The highest BCUT2D eigenvalue weighted by Crippen LogP contribution is 2.19. The zero-order valence-electron chi connectivity index (χ0n) is 16.4. The molecule has 1 aromatic carbocycles. The van der Waals surface area contributed by atoms with E-state index in [1.54, 1.807) is 19.4 Å². The van der Waals surface area contributed by atoms with E-state index in [4.69, 9.17) is 0 Å². The van der Waals surface area contributed by atoms with E-state index in [2.05, 4.69) is 57.6 Å². The van der Waals surface area contributed by atoms with Crippen molar-refractivity contribution in [1.82, 2.24) is 29.7 Å². The topological polar surface area (TPSA) is 88.0 Å². The molecule has 0 spiro atoms. The highest BCUT2D eigenvalue weighted by Gasteiger charge is 2.25. The second kappa shape index (κ2) is 7.55. The fraction of sp³-hybridized carbons (Fsp3) is 0.400. The zero-order valence-corrected chi connectivity index (χ0v) is 16.4. The number of aromatic nitrogens is 4. The summed E-state index contributed by atoms with van der Waals surface area (Å²) in [7, 11) is 0. The number of piperazine rings is 1. The van der Waals surface area contributed by atoms with Gasteiger partial charge in [0, 0.05) is 44.8 Å². The Balaban J connectivity index is 1.53. The molecule has 28 heavy (non-hydrogen) atoms. The number of nitrogens with zero attached hydrogens (tertiary/aromatic N) is 5. The van der Waals surface area contributed by atoms with Crippen molar-refractivity contribution in [3.63, 3.8) is 0 Å². The lowest BCUT2D eigenvalue weighted by Gasteiger charge is -2.36. The summed E-state index contributed by atoms with van der Waals surface area (Å²) < 4.78 is 1.96. The molecule has 8 heteroatoms. The largest absolute Gasteiger partial charge is 0.350 e. The molecule has 1 amide bonds. The Kier molecular flexibility index (Phi) is 4.95. The first-order chi connectivity index (χ1) is 13.5. The lowest BCUT2D eigenvalue weighted by molar-refractivity contribution is -0.130. The quantitative estimate of drug-likeness (QED) is 0.718. The number of carbonyl (C=O) groups is 1. The molecule has 2 aromatic heterocycles. The van der Waals surface area contributed by atoms with Crippen LogP contribution in [-0.2, 0) is 4.79 Å². The first-order valence-corrected chi connectivity index (χ1v) is 9.54. The van der Waals surface area contributed by atoms with E-state index >= 15 is 0 Å². The monoisotopic (exact) mass is 379 g/mol. The number of rotatable bonds is 4. The maximum atomic E-state index is 11.7. The Labute approximate surface area is 164 Å². The van der Waals surface area contributed by atoms with Crippen LogP contribution < -0.4 is 10.6 Å². The molecule has 2 N–H and O–H groups in total. The highest BCUT2D eigenvalue weighted by molar-refractivity contribution is 5.77. The Morgan fingerprint density at radius 3 is 3.00 bits per heavy atom. The number of imidazole rings is 1. The second-order valence-electron chi connectivity index (χ2n) is 7.30. The van der Waals surface area contributed by atoms with Crippen molar-refractivity contribution in [2.45, 2.75) is 32.9 Å². The standard InChI is InChI=1S/C20H25N7O/c1-13-4-5-18-16(10-13)23-12-27(18)19-6-7-22-20(25-19)24-14(2)17-11-26(15(3)28)9-8-21-17/h4-7,10,12,14,17,21H,8-9,11H2,1-3H3,(H,22,24,25). The van der Waals surface area contributed by atoms with Crippen molar-refractivity contribution < 1.29 is 4.79 Å². The maximum absolute atomic E-state index is 11.7. The Morgan fingerprint density at radius 1 is 1.32 bits per heavy atom. The number of nitrogens with one attached hydrogen (secondary N) is 2. The molecular weight excluding hydrogens is 354 g/mol. The van der Waals surface area contributed by atoms with Crippen LogP contribution in [0.2, 0.25) is 0 Å². The van der Waals surface area contributed by atoms with Crippen molar-refractivity contribution in [2.75, 3.05) is 25.0 Å². The van der Waals surface area contributed by atoms with Gasteiger partial charge in [-0.05, 0) is 37.6 Å². The zero-order chi connectivity index (χ0) is 19.7. The van der Waals surface area contributed by atoms with Crippen LogP contribution in [0.25, 0.3) is 16.9 Å². The van der Waals surface area contributed by atoms with Crippen LogP contribution in [0.1, 0.15) is 19.4 Å². The normalized spacial score (nSPS) is 18.2. The van der Waals surface area contributed by atoms with Gasteiger partial charge in [0.15, 0.2) is 0 Å². The van der Waals surface area contributed by atoms with Gasteiger partial charge in [0.1, 0.15) is 12.1 Å². The lowest BCUT2D eigenvalue weighted by Crippen LogP contribution is -2.57. The summed E-state index contributed by atoms with van der Waals surface area (Å²) in [4.78, 5) is 27.1. The van der Waals surface area contributed by atoms with Crippen LogP contribution in [0.15, 0.2) is 36.8 Å². The highest BCUT2D eigenvalue weighted by atomic mass is 16.2. The lowest BCUT2D eigenvalue weighted by atomic mass is 10.1. The number of amides is 1. The maximum Gasteiger partial charge on any atom is 0.224 e. The number of anilines is 1. The van der Waals surface area contributed by atoms with E-state index < -0.39 is 0 Å². The van der Waals surface area contributed by atoms with Crippen molar-refractivity contribution in [3.05, 3.63) is 42.4 Å². The molecule has 2 atom stereocenters. The first-order valence-electron chi connectivity index (χ1n) is 9.54. The summed E-state index contributed by atoms with van der Waals surface area (Å²) in [5.41, 5.74) is 3.13. The molecule has 3 aromatic rings. The van der Waals surface area contributed by atoms with Gasteiger partial charge in [0.25, 0.3) is 0 Å². The van der Waals surface area contributed by atoms with E-state index in [9.17, 15) is 4.79 Å². The molecule has 4 rings (SSSR count). The molecule has 2 unspecified atom stereocenters. The van der Waals surface area contributed by atoms with E-state index in [1.165, 1.54) is 5.56 Å². The minimum atomic E-state index is 0.0691. The third kappa shape index (κ3) is 3.68. The van der Waals surface area contributed by atoms with Crippen molar-refractivity contribution >= 4 is 22.9 Å². The van der Waals surface area contributed by atoms with E-state index in [1.807, 2.05) is 15.5 Å². The summed E-state index contributed by atoms with van der Waals surface area (Å²) in [6.07, 6.45) is 3.53. The summed E-state index contributed by atoms with van der Waals surface area (Å²) in [5.74, 6) is 1.43. The van der Waals surface area contributed by atoms with Crippen molar-refractivity contribution in [1.29, 1.82) is 0 Å². The van der Waals surface area contributed by atoms with Gasteiger partial charge in [0.2, 0.25) is 11.9 Å². The van der Waals surface area contributed by atoms with Gasteiger partial charge >= 0.3 is 0 Å². The molecule has 0 radical (unpaired) electrons. The molecule has 146 valence electrons. The number of benzene rings is 1. The Morgan fingerprint density at radius 2 is 2.18 bits per heavy atom. The summed E-state index contributed by atoms with van der Waals surface area (Å²) >= 11 is 0. The molecule has 1 saturated heterocycles. The van der Waals surface area contributed by atoms with E-state index in [0.717, 1.165) is 29.9 Å². The van der Waals surface area contributed by atoms with Gasteiger partial charge in [-0.3, -0.25) is 9.36 Å². The van der Waals surface area contributed by atoms with Crippen LogP contribution in [0.3, 0.4) is 0 Å². The van der Waals surface area contributed by atoms with E-state index in [0.29, 0.717) is 12.5 Å². The predicted molar refractivity (Wildman–Crippen MR) is 109 cm³/mol. The third-order valence-electron chi connectivity index (χ3n) is 5.20. The van der Waals surface area contributed by atoms with Gasteiger partial charge in [-0.2, -0.15) is 4.98 Å². The number of hydrogen-bond donors (Lipinski definition) is 2. The Hall–Kier alpha value is -3.00. The molecule has 1 aliphatic rings. The molecule has 0 bridgehead atoms. The molecule has 0 aliphatic carbocycles. The second-order valence-corrected chi connectivity index (χ2v) is 7.30. The summed E-state index contributed by atoms with van der Waals surface area (Å²) in [6.45, 7) is 7.96. The van der Waals surface area contributed by atoms with Gasteiger partial charge in [-0.25, -0.2) is 9.97 Å². The number of hydrogen-bond acceptors (Lipinski definition) is 6. The molecule has 8 nitrogen and oxygen atoms in total. The fourth-order valence-electron chi connectivity index (χ4n) is 3.56. The Bertz CT molecular complexity index is 999. The number of aryl methyl sites for hydroxylation is 1. The van der Waals surface area contributed by atoms with Crippen LogP contribution in [-0.4, -0.2) is 62.0 Å². The SMILES string of the molecule is CC(=O)N1CCNC(C(C)Nc2nccc(-n3cnc4cc(C)ccc43)n2)C1. The van der Waals surface area contributed by atoms with Crippen molar-refractivity contribution in [3.8, 4) is 5.82 Å². The number of fused-ring (bicyclic) bond motifs is 1. The predicted octanol–water partition coefficient (Wildman–Crippen LogP) is 1.74. The molecule has 3 heterocycles. The molecular formula is C20H25N7O. The first kappa shape index (κ1) is 18.4. The van der Waals surface area contributed by atoms with Gasteiger partial charge in [-0.1, -0.05) is 6.07 Å². The van der Waals surface area contributed by atoms with Crippen LogP contribution in [0.5, 0.6) is 0 Å². The minimum absolute atomic E-state index is 0.0691. The molecule has 0 saturated carbocycles. The third-order valence-corrected chi connectivity index (χ3v) is 5.20. The fourth-order valence-corrected chi connectivity index (χ4v) is 3.56. The summed E-state index contributed by atoms with van der Waals surface area (Å²) in [5, 5.41) is 6.84. The van der Waals surface area contributed by atoms with E-state index in [-0.39, 0.29) is 18.0 Å². The minimum Gasteiger partial charge on any atom is -0.350 e.